The molecular weight excluding hydrogens is 396 g/mol. The van der Waals surface area contributed by atoms with Crippen molar-refractivity contribution >= 4 is 11.0 Å². The molecule has 1 unspecified atom stereocenters. The Hall–Kier alpha value is -3.27. The molecule has 0 bridgehead atoms. The monoisotopic (exact) mass is 428 g/mol. The van der Waals surface area contributed by atoms with Crippen LogP contribution in [0.4, 0.5) is 0 Å². The minimum Gasteiger partial charge on any atom is -0.497 e. The zero-order valence-corrected chi connectivity index (χ0v) is 19.3. The fourth-order valence-electron chi connectivity index (χ4n) is 3.97. The van der Waals surface area contributed by atoms with Crippen molar-refractivity contribution in [2.24, 2.45) is 0 Å². The van der Waals surface area contributed by atoms with Gasteiger partial charge in [0.15, 0.2) is 0 Å². The van der Waals surface area contributed by atoms with Crippen LogP contribution < -0.4 is 9.47 Å². The molecule has 166 valence electrons. The molecule has 4 nitrogen and oxygen atoms in total. The van der Waals surface area contributed by atoms with Crippen molar-refractivity contribution in [2.45, 2.75) is 45.6 Å². The summed E-state index contributed by atoms with van der Waals surface area (Å²) in [6, 6.07) is 25.0. The molecule has 3 aromatic carbocycles. The summed E-state index contributed by atoms with van der Waals surface area (Å²) >= 11 is 0. The maximum absolute atomic E-state index is 5.99. The third-order valence-electron chi connectivity index (χ3n) is 6.09. The number of ether oxygens (including phenoxy) is 2. The van der Waals surface area contributed by atoms with E-state index in [0.717, 1.165) is 59.7 Å². The zero-order valence-electron chi connectivity index (χ0n) is 19.3. The number of hydrogen-bond donors (Lipinski definition) is 0. The topological polar surface area (TPSA) is 36.3 Å². The SMILES string of the molecule is CCC(C)c1ccc(OCCCCn2c(-c3cccc(OC)c3)nc3ccccc32)cc1. The summed E-state index contributed by atoms with van der Waals surface area (Å²) < 4.78 is 13.7. The lowest BCUT2D eigenvalue weighted by Crippen LogP contribution is -2.04. The molecule has 0 fully saturated rings. The Labute approximate surface area is 190 Å². The first-order valence-corrected chi connectivity index (χ1v) is 11.5. The Morgan fingerprint density at radius 3 is 2.50 bits per heavy atom. The molecule has 0 amide bonds. The van der Waals surface area contributed by atoms with E-state index in [9.17, 15) is 0 Å². The Balaban J connectivity index is 1.41. The Bertz CT molecular complexity index is 1150. The highest BCUT2D eigenvalue weighted by atomic mass is 16.5. The summed E-state index contributed by atoms with van der Waals surface area (Å²) in [6.07, 6.45) is 3.15. The molecule has 0 aliphatic heterocycles. The van der Waals surface area contributed by atoms with Crippen LogP contribution >= 0.6 is 0 Å². The average Bonchev–Trinajstić information content (AvgIpc) is 3.22. The van der Waals surface area contributed by atoms with E-state index in [1.54, 1.807) is 7.11 Å². The minimum absolute atomic E-state index is 0.591. The predicted octanol–water partition coefficient (Wildman–Crippen LogP) is 7.08. The third-order valence-corrected chi connectivity index (χ3v) is 6.09. The highest BCUT2D eigenvalue weighted by Gasteiger charge is 2.13. The fourth-order valence-corrected chi connectivity index (χ4v) is 3.97. The van der Waals surface area contributed by atoms with E-state index in [4.69, 9.17) is 14.5 Å². The van der Waals surface area contributed by atoms with Gasteiger partial charge in [0.1, 0.15) is 17.3 Å². The minimum atomic E-state index is 0.591. The van der Waals surface area contributed by atoms with Crippen LogP contribution in [0.2, 0.25) is 0 Å². The van der Waals surface area contributed by atoms with Crippen molar-refractivity contribution in [3.63, 3.8) is 0 Å². The Kier molecular flexibility index (Phi) is 7.10. The largest absolute Gasteiger partial charge is 0.497 e. The number of rotatable bonds is 10. The van der Waals surface area contributed by atoms with Crippen LogP contribution in [0.5, 0.6) is 11.5 Å². The number of para-hydroxylation sites is 2. The molecule has 0 saturated heterocycles. The number of fused-ring (bicyclic) bond motifs is 1. The van der Waals surface area contributed by atoms with Crippen molar-refractivity contribution in [1.82, 2.24) is 9.55 Å². The van der Waals surface area contributed by atoms with Gasteiger partial charge in [0.25, 0.3) is 0 Å². The van der Waals surface area contributed by atoms with Crippen molar-refractivity contribution in [3.05, 3.63) is 78.4 Å². The summed E-state index contributed by atoms with van der Waals surface area (Å²) in [5.41, 5.74) is 4.62. The van der Waals surface area contributed by atoms with E-state index in [1.165, 1.54) is 5.56 Å². The fraction of sp³-hybridized carbons (Fsp3) is 0.321. The van der Waals surface area contributed by atoms with E-state index in [1.807, 2.05) is 24.3 Å². The van der Waals surface area contributed by atoms with Gasteiger partial charge >= 0.3 is 0 Å². The Morgan fingerprint density at radius 2 is 1.72 bits per heavy atom. The second kappa shape index (κ2) is 10.4. The highest BCUT2D eigenvalue weighted by molar-refractivity contribution is 5.80. The number of nitrogens with zero attached hydrogens (tertiary/aromatic N) is 2. The molecule has 0 saturated carbocycles. The second-order valence-electron chi connectivity index (χ2n) is 8.24. The van der Waals surface area contributed by atoms with E-state index in [2.05, 4.69) is 66.9 Å². The van der Waals surface area contributed by atoms with Crippen LogP contribution in [0.25, 0.3) is 22.4 Å². The van der Waals surface area contributed by atoms with Crippen LogP contribution in [0.3, 0.4) is 0 Å². The smallest absolute Gasteiger partial charge is 0.141 e. The number of imidazole rings is 1. The van der Waals surface area contributed by atoms with Crippen LogP contribution in [0, 0.1) is 0 Å². The highest BCUT2D eigenvalue weighted by Crippen LogP contribution is 2.28. The molecule has 0 N–H and O–H groups in total. The van der Waals surface area contributed by atoms with Gasteiger partial charge in [0, 0.05) is 12.1 Å². The number of aromatic nitrogens is 2. The molecule has 1 heterocycles. The van der Waals surface area contributed by atoms with Gasteiger partial charge in [-0.3, -0.25) is 0 Å². The third kappa shape index (κ3) is 4.96. The molecule has 1 atom stereocenters. The molecule has 0 radical (unpaired) electrons. The van der Waals surface area contributed by atoms with Gasteiger partial charge in [0.2, 0.25) is 0 Å². The van der Waals surface area contributed by atoms with Crippen molar-refractivity contribution in [2.75, 3.05) is 13.7 Å². The summed E-state index contributed by atoms with van der Waals surface area (Å²) in [5, 5.41) is 0. The second-order valence-corrected chi connectivity index (χ2v) is 8.24. The van der Waals surface area contributed by atoms with Gasteiger partial charge in [-0.05, 0) is 67.1 Å². The zero-order chi connectivity index (χ0) is 22.3. The number of hydrogen-bond acceptors (Lipinski definition) is 3. The average molecular weight is 429 g/mol. The van der Waals surface area contributed by atoms with Crippen LogP contribution in [0.1, 0.15) is 44.6 Å². The normalized spacial score (nSPS) is 12.1. The van der Waals surface area contributed by atoms with Gasteiger partial charge in [-0.1, -0.05) is 50.2 Å². The van der Waals surface area contributed by atoms with E-state index < -0.39 is 0 Å². The summed E-state index contributed by atoms with van der Waals surface area (Å²) in [5.74, 6) is 3.36. The summed E-state index contributed by atoms with van der Waals surface area (Å²) in [7, 11) is 1.69. The molecule has 0 spiro atoms. The molecule has 4 aromatic rings. The van der Waals surface area contributed by atoms with Crippen molar-refractivity contribution in [1.29, 1.82) is 0 Å². The predicted molar refractivity (Wildman–Crippen MR) is 132 cm³/mol. The Morgan fingerprint density at radius 1 is 0.906 bits per heavy atom. The molecule has 1 aromatic heterocycles. The number of benzene rings is 3. The lowest BCUT2D eigenvalue weighted by Gasteiger charge is -2.12. The van der Waals surface area contributed by atoms with Crippen LogP contribution in [-0.2, 0) is 6.54 Å². The van der Waals surface area contributed by atoms with E-state index in [0.29, 0.717) is 12.5 Å². The first-order valence-electron chi connectivity index (χ1n) is 11.5. The molecule has 0 aliphatic carbocycles. The first kappa shape index (κ1) is 21.9. The molecule has 0 aliphatic rings. The van der Waals surface area contributed by atoms with Crippen LogP contribution in [0.15, 0.2) is 72.8 Å². The van der Waals surface area contributed by atoms with Gasteiger partial charge in [-0.15, -0.1) is 0 Å². The van der Waals surface area contributed by atoms with Gasteiger partial charge in [-0.25, -0.2) is 4.98 Å². The molecular formula is C28H32N2O2. The van der Waals surface area contributed by atoms with Gasteiger partial charge in [0.05, 0.1) is 24.8 Å². The van der Waals surface area contributed by atoms with E-state index in [-0.39, 0.29) is 0 Å². The quantitative estimate of drug-likeness (QED) is 0.253. The van der Waals surface area contributed by atoms with Crippen molar-refractivity contribution < 1.29 is 9.47 Å². The lowest BCUT2D eigenvalue weighted by molar-refractivity contribution is 0.303. The first-order chi connectivity index (χ1) is 15.7. The molecule has 4 rings (SSSR count). The van der Waals surface area contributed by atoms with Crippen molar-refractivity contribution in [3.8, 4) is 22.9 Å². The van der Waals surface area contributed by atoms with Gasteiger partial charge in [-0.2, -0.15) is 0 Å². The van der Waals surface area contributed by atoms with Gasteiger partial charge < -0.3 is 14.0 Å². The maximum atomic E-state index is 5.99. The molecule has 4 heteroatoms. The summed E-state index contributed by atoms with van der Waals surface area (Å²) in [6.45, 7) is 6.08. The van der Waals surface area contributed by atoms with E-state index >= 15 is 0 Å². The molecule has 32 heavy (non-hydrogen) atoms. The summed E-state index contributed by atoms with van der Waals surface area (Å²) in [4.78, 5) is 4.91. The van der Waals surface area contributed by atoms with Crippen LogP contribution in [-0.4, -0.2) is 23.3 Å². The number of aryl methyl sites for hydroxylation is 1. The number of methoxy groups -OCH3 is 1. The maximum Gasteiger partial charge on any atom is 0.141 e. The lowest BCUT2D eigenvalue weighted by atomic mass is 9.99. The number of unbranched alkanes of at least 4 members (excludes halogenated alkanes) is 1. The standard InChI is InChI=1S/C28H32N2O2/c1-4-21(2)22-14-16-24(17-15-22)32-19-8-7-18-30-27-13-6-5-12-26(27)29-28(30)23-10-9-11-25(20-23)31-3/h5-6,9-17,20-21H,4,7-8,18-19H2,1-3H3.